The molecule has 2 heterocycles. The predicted octanol–water partition coefficient (Wildman–Crippen LogP) is 0.137. The molecule has 1 atom stereocenters. The maximum absolute atomic E-state index is 12.5. The zero-order chi connectivity index (χ0) is 13.8. The van der Waals surface area contributed by atoms with Crippen LogP contribution in [0.4, 0.5) is 0 Å². The number of aromatic nitrogens is 2. The van der Waals surface area contributed by atoms with Crippen molar-refractivity contribution in [2.24, 2.45) is 5.73 Å². The predicted molar refractivity (Wildman–Crippen MR) is 71.8 cm³/mol. The molecule has 106 valence electrons. The molecule has 19 heavy (non-hydrogen) atoms. The maximum Gasteiger partial charge on any atom is 0.257 e. The molecule has 6 nitrogen and oxygen atoms in total. The van der Waals surface area contributed by atoms with Crippen LogP contribution in [0.25, 0.3) is 0 Å². The van der Waals surface area contributed by atoms with E-state index >= 15 is 0 Å². The molecule has 1 fully saturated rings. The molecule has 0 unspecified atom stereocenters. The Morgan fingerprint density at radius 1 is 1.63 bits per heavy atom. The molecule has 1 aromatic heterocycles. The SMILES string of the molecule is Cc1c(C(=O)N2CCC[C@H]2CO)cnn1CCCN. The largest absolute Gasteiger partial charge is 0.394 e. The third-order valence-electron chi connectivity index (χ3n) is 3.76. The molecule has 0 aliphatic carbocycles. The Labute approximate surface area is 113 Å². The molecule has 1 aliphatic heterocycles. The summed E-state index contributed by atoms with van der Waals surface area (Å²) >= 11 is 0. The van der Waals surface area contributed by atoms with Gasteiger partial charge in [-0.1, -0.05) is 0 Å². The van der Waals surface area contributed by atoms with Gasteiger partial charge < -0.3 is 15.7 Å². The third-order valence-corrected chi connectivity index (χ3v) is 3.76. The van der Waals surface area contributed by atoms with Gasteiger partial charge in [-0.2, -0.15) is 5.10 Å². The molecule has 0 saturated carbocycles. The van der Waals surface area contributed by atoms with Crippen molar-refractivity contribution in [2.75, 3.05) is 19.7 Å². The molecule has 1 amide bonds. The van der Waals surface area contributed by atoms with Crippen LogP contribution in [0, 0.1) is 6.92 Å². The molecule has 0 aromatic carbocycles. The van der Waals surface area contributed by atoms with Crippen molar-refractivity contribution in [2.45, 2.75) is 38.8 Å². The monoisotopic (exact) mass is 266 g/mol. The normalized spacial score (nSPS) is 19.1. The van der Waals surface area contributed by atoms with Crippen LogP contribution in [0.1, 0.15) is 35.3 Å². The number of aliphatic hydroxyl groups excluding tert-OH is 1. The van der Waals surface area contributed by atoms with E-state index in [1.165, 1.54) is 0 Å². The highest BCUT2D eigenvalue weighted by Gasteiger charge is 2.30. The minimum Gasteiger partial charge on any atom is -0.394 e. The Bertz CT molecular complexity index is 444. The number of nitrogens with zero attached hydrogens (tertiary/aromatic N) is 3. The highest BCUT2D eigenvalue weighted by atomic mass is 16.3. The zero-order valence-electron chi connectivity index (χ0n) is 11.4. The van der Waals surface area contributed by atoms with Crippen molar-refractivity contribution in [3.63, 3.8) is 0 Å². The van der Waals surface area contributed by atoms with Gasteiger partial charge in [0.25, 0.3) is 5.91 Å². The van der Waals surface area contributed by atoms with Gasteiger partial charge in [-0.05, 0) is 32.7 Å². The topological polar surface area (TPSA) is 84.4 Å². The summed E-state index contributed by atoms with van der Waals surface area (Å²) in [5.41, 5.74) is 7.00. The molecular formula is C13H22N4O2. The Morgan fingerprint density at radius 3 is 3.11 bits per heavy atom. The van der Waals surface area contributed by atoms with Gasteiger partial charge in [-0.25, -0.2) is 0 Å². The number of hydrogen-bond acceptors (Lipinski definition) is 4. The summed E-state index contributed by atoms with van der Waals surface area (Å²) in [6.45, 7) is 4.00. The van der Waals surface area contributed by atoms with E-state index in [0.29, 0.717) is 12.1 Å². The molecule has 2 rings (SSSR count). The lowest BCUT2D eigenvalue weighted by molar-refractivity contribution is 0.0676. The Morgan fingerprint density at radius 2 is 2.42 bits per heavy atom. The molecule has 0 bridgehead atoms. The third kappa shape index (κ3) is 2.79. The van der Waals surface area contributed by atoms with Crippen LogP contribution in [-0.2, 0) is 6.54 Å². The average molecular weight is 266 g/mol. The number of carbonyl (C=O) groups is 1. The molecule has 0 radical (unpaired) electrons. The first-order valence-corrected chi connectivity index (χ1v) is 6.83. The minimum absolute atomic E-state index is 0.0203. The lowest BCUT2D eigenvalue weighted by atomic mass is 10.2. The fraction of sp³-hybridized carbons (Fsp3) is 0.692. The van der Waals surface area contributed by atoms with Crippen LogP contribution in [0.5, 0.6) is 0 Å². The standard InChI is InChI=1S/C13H22N4O2/c1-10-12(8-15-17(10)7-3-5-14)13(19)16-6-2-4-11(16)9-18/h8,11,18H,2-7,9,14H2,1H3/t11-/m0/s1. The van der Waals surface area contributed by atoms with Crippen molar-refractivity contribution >= 4 is 5.91 Å². The first-order valence-electron chi connectivity index (χ1n) is 6.83. The molecule has 1 aromatic rings. The Hall–Kier alpha value is -1.40. The Kier molecular flexibility index (Phi) is 4.55. The lowest BCUT2D eigenvalue weighted by Crippen LogP contribution is -2.37. The van der Waals surface area contributed by atoms with E-state index in [1.807, 2.05) is 11.6 Å². The second kappa shape index (κ2) is 6.16. The number of aryl methyl sites for hydroxylation is 1. The minimum atomic E-state index is -0.0423. The number of nitrogens with two attached hydrogens (primary N) is 1. The van der Waals surface area contributed by atoms with E-state index in [-0.39, 0.29) is 18.6 Å². The summed E-state index contributed by atoms with van der Waals surface area (Å²) in [7, 11) is 0. The van der Waals surface area contributed by atoms with Gasteiger partial charge in [-0.3, -0.25) is 9.48 Å². The van der Waals surface area contributed by atoms with E-state index in [1.54, 1.807) is 11.1 Å². The number of rotatable bonds is 5. The fourth-order valence-corrected chi connectivity index (χ4v) is 2.57. The highest BCUT2D eigenvalue weighted by Crippen LogP contribution is 2.21. The molecule has 3 N–H and O–H groups in total. The summed E-state index contributed by atoms with van der Waals surface area (Å²) in [5, 5.41) is 13.5. The number of carbonyl (C=O) groups excluding carboxylic acids is 1. The second-order valence-electron chi connectivity index (χ2n) is 4.99. The van der Waals surface area contributed by atoms with E-state index in [2.05, 4.69) is 5.10 Å². The summed E-state index contributed by atoms with van der Waals surface area (Å²) in [5.74, 6) is -0.0203. The second-order valence-corrected chi connectivity index (χ2v) is 4.99. The number of hydrogen-bond donors (Lipinski definition) is 2. The maximum atomic E-state index is 12.5. The van der Waals surface area contributed by atoms with Crippen molar-refractivity contribution in [3.05, 3.63) is 17.5 Å². The summed E-state index contributed by atoms with van der Waals surface area (Å²) in [6.07, 6.45) is 4.31. The summed E-state index contributed by atoms with van der Waals surface area (Å²) in [6, 6.07) is -0.0423. The Balaban J connectivity index is 2.13. The quantitative estimate of drug-likeness (QED) is 0.794. The van der Waals surface area contributed by atoms with Gasteiger partial charge in [-0.15, -0.1) is 0 Å². The van der Waals surface area contributed by atoms with Gasteiger partial charge in [0.15, 0.2) is 0 Å². The first-order chi connectivity index (χ1) is 9.19. The number of likely N-dealkylation sites (tertiary alicyclic amines) is 1. The van der Waals surface area contributed by atoms with E-state index in [4.69, 9.17) is 5.73 Å². The molecule has 1 saturated heterocycles. The van der Waals surface area contributed by atoms with Crippen LogP contribution in [0.15, 0.2) is 6.20 Å². The van der Waals surface area contributed by atoms with Crippen LogP contribution >= 0.6 is 0 Å². The van der Waals surface area contributed by atoms with E-state index < -0.39 is 0 Å². The van der Waals surface area contributed by atoms with E-state index in [0.717, 1.165) is 38.0 Å². The van der Waals surface area contributed by atoms with Gasteiger partial charge in [0.1, 0.15) is 0 Å². The van der Waals surface area contributed by atoms with Crippen LogP contribution in [0.2, 0.25) is 0 Å². The number of aliphatic hydroxyl groups is 1. The van der Waals surface area contributed by atoms with Crippen LogP contribution < -0.4 is 5.73 Å². The van der Waals surface area contributed by atoms with Crippen molar-refractivity contribution in [3.8, 4) is 0 Å². The van der Waals surface area contributed by atoms with Crippen molar-refractivity contribution in [1.29, 1.82) is 0 Å². The van der Waals surface area contributed by atoms with Gasteiger partial charge in [0.05, 0.1) is 24.4 Å². The number of amides is 1. The van der Waals surface area contributed by atoms with Crippen molar-refractivity contribution < 1.29 is 9.90 Å². The van der Waals surface area contributed by atoms with Crippen LogP contribution in [-0.4, -0.2) is 51.4 Å². The zero-order valence-corrected chi connectivity index (χ0v) is 11.4. The van der Waals surface area contributed by atoms with Gasteiger partial charge in [0.2, 0.25) is 0 Å². The average Bonchev–Trinajstić information content (AvgIpc) is 3.02. The van der Waals surface area contributed by atoms with E-state index in [9.17, 15) is 9.90 Å². The fourth-order valence-electron chi connectivity index (χ4n) is 2.57. The molecular weight excluding hydrogens is 244 g/mol. The first kappa shape index (κ1) is 14.0. The molecule has 1 aliphatic rings. The molecule has 6 heteroatoms. The van der Waals surface area contributed by atoms with Gasteiger partial charge in [0, 0.05) is 18.8 Å². The highest BCUT2D eigenvalue weighted by molar-refractivity contribution is 5.95. The molecule has 0 spiro atoms. The lowest BCUT2D eigenvalue weighted by Gasteiger charge is -2.22. The summed E-state index contributed by atoms with van der Waals surface area (Å²) < 4.78 is 1.82. The van der Waals surface area contributed by atoms with Crippen LogP contribution in [0.3, 0.4) is 0 Å². The summed E-state index contributed by atoms with van der Waals surface area (Å²) in [4.78, 5) is 14.2. The van der Waals surface area contributed by atoms with Gasteiger partial charge >= 0.3 is 0 Å². The van der Waals surface area contributed by atoms with Crippen molar-refractivity contribution in [1.82, 2.24) is 14.7 Å². The smallest absolute Gasteiger partial charge is 0.257 e.